The number of urea groups is 1. The quantitative estimate of drug-likeness (QED) is 0.733. The molecule has 3 N–H and O–H groups in total. The highest BCUT2D eigenvalue weighted by Gasteiger charge is 2.22. The molecule has 0 saturated carbocycles. The van der Waals surface area contributed by atoms with E-state index in [9.17, 15) is 9.18 Å². The highest BCUT2D eigenvalue weighted by atomic mass is 35.5. The summed E-state index contributed by atoms with van der Waals surface area (Å²) in [4.78, 5) is 12.0. The van der Waals surface area contributed by atoms with Gasteiger partial charge in [-0.05, 0) is 73.7 Å². The Hall–Kier alpha value is -2.11. The molecule has 1 fully saturated rings. The lowest BCUT2D eigenvalue weighted by Gasteiger charge is -2.30. The topological polar surface area (TPSA) is 53.2 Å². The van der Waals surface area contributed by atoms with Crippen LogP contribution in [0.2, 0.25) is 5.02 Å². The monoisotopic (exact) mass is 375 g/mol. The standard InChI is InChI=1S/C20H23ClFN3O/c21-16-3-7-18(8-4-16)25-20(26)24-13-19-12-15(9-10-23-19)11-14-1-5-17(22)6-2-14/h1-8,15,19,23H,9-13H2,(H2,24,25,26)/t15-,19-/m0/s1. The summed E-state index contributed by atoms with van der Waals surface area (Å²) in [6.07, 6.45) is 3.01. The van der Waals surface area contributed by atoms with E-state index in [2.05, 4.69) is 16.0 Å². The molecule has 138 valence electrons. The zero-order valence-electron chi connectivity index (χ0n) is 14.5. The number of hydrogen-bond donors (Lipinski definition) is 3. The second kappa shape index (κ2) is 9.01. The molecule has 3 rings (SSSR count). The first-order valence-corrected chi connectivity index (χ1v) is 9.24. The Morgan fingerprint density at radius 3 is 2.62 bits per heavy atom. The van der Waals surface area contributed by atoms with Crippen LogP contribution in [0, 0.1) is 11.7 Å². The molecule has 0 aliphatic carbocycles. The van der Waals surface area contributed by atoms with Gasteiger partial charge in [0.1, 0.15) is 5.82 Å². The second-order valence-corrected chi connectivity index (χ2v) is 7.15. The van der Waals surface area contributed by atoms with E-state index in [1.165, 1.54) is 12.1 Å². The van der Waals surface area contributed by atoms with Gasteiger partial charge >= 0.3 is 6.03 Å². The molecule has 2 aromatic carbocycles. The SMILES string of the molecule is O=C(NC[C@@H]1C[C@H](Cc2ccc(F)cc2)CCN1)Nc1ccc(Cl)cc1. The number of carbonyl (C=O) groups excluding carboxylic acids is 1. The molecule has 0 radical (unpaired) electrons. The molecule has 0 bridgehead atoms. The van der Waals surface area contributed by atoms with Crippen LogP contribution in [0.1, 0.15) is 18.4 Å². The molecule has 1 aliphatic rings. The third-order valence-corrected chi connectivity index (χ3v) is 4.90. The van der Waals surface area contributed by atoms with Crippen LogP contribution in [0.5, 0.6) is 0 Å². The van der Waals surface area contributed by atoms with Crippen molar-refractivity contribution in [3.8, 4) is 0 Å². The minimum absolute atomic E-state index is 0.201. The molecule has 2 atom stereocenters. The number of halogens is 2. The van der Waals surface area contributed by atoms with Crippen LogP contribution in [-0.2, 0) is 6.42 Å². The van der Waals surface area contributed by atoms with Crippen LogP contribution in [-0.4, -0.2) is 25.2 Å². The molecule has 26 heavy (non-hydrogen) atoms. The summed E-state index contributed by atoms with van der Waals surface area (Å²) in [7, 11) is 0. The van der Waals surface area contributed by atoms with Gasteiger partial charge in [0.15, 0.2) is 0 Å². The van der Waals surface area contributed by atoms with Crippen molar-refractivity contribution in [1.29, 1.82) is 0 Å². The Morgan fingerprint density at radius 2 is 1.88 bits per heavy atom. The Kier molecular flexibility index (Phi) is 6.47. The van der Waals surface area contributed by atoms with Gasteiger partial charge in [0.2, 0.25) is 0 Å². The third kappa shape index (κ3) is 5.71. The highest BCUT2D eigenvalue weighted by Crippen LogP contribution is 2.21. The molecule has 0 aromatic heterocycles. The number of rotatable bonds is 5. The summed E-state index contributed by atoms with van der Waals surface area (Å²) in [5, 5.41) is 9.79. The summed E-state index contributed by atoms with van der Waals surface area (Å²) in [5.74, 6) is 0.334. The van der Waals surface area contributed by atoms with Gasteiger partial charge in [0.25, 0.3) is 0 Å². The molecule has 6 heteroatoms. The van der Waals surface area contributed by atoms with Crippen LogP contribution >= 0.6 is 11.6 Å². The fourth-order valence-electron chi connectivity index (χ4n) is 3.31. The van der Waals surface area contributed by atoms with E-state index in [0.29, 0.717) is 23.2 Å². The zero-order chi connectivity index (χ0) is 18.4. The minimum Gasteiger partial charge on any atom is -0.336 e. The Labute approximate surface area is 158 Å². The molecule has 0 unspecified atom stereocenters. The summed E-state index contributed by atoms with van der Waals surface area (Å²) >= 11 is 5.84. The normalized spacial score (nSPS) is 19.8. The van der Waals surface area contributed by atoms with Gasteiger partial charge in [-0.25, -0.2) is 9.18 Å². The van der Waals surface area contributed by atoms with Crippen LogP contribution in [0.3, 0.4) is 0 Å². The molecular weight excluding hydrogens is 353 g/mol. The van der Waals surface area contributed by atoms with Crippen molar-refractivity contribution in [2.75, 3.05) is 18.4 Å². The maximum atomic E-state index is 13.0. The molecule has 2 aromatic rings. The molecule has 4 nitrogen and oxygen atoms in total. The summed E-state index contributed by atoms with van der Waals surface area (Å²) < 4.78 is 13.0. The van der Waals surface area contributed by atoms with Gasteiger partial charge in [-0.15, -0.1) is 0 Å². The number of benzene rings is 2. The van der Waals surface area contributed by atoms with Gasteiger partial charge < -0.3 is 16.0 Å². The first kappa shape index (κ1) is 18.7. The molecule has 1 heterocycles. The van der Waals surface area contributed by atoms with Crippen molar-refractivity contribution in [2.24, 2.45) is 5.92 Å². The van der Waals surface area contributed by atoms with Crippen molar-refractivity contribution >= 4 is 23.3 Å². The van der Waals surface area contributed by atoms with E-state index >= 15 is 0 Å². The third-order valence-electron chi connectivity index (χ3n) is 4.65. The predicted molar refractivity (Wildman–Crippen MR) is 103 cm³/mol. The zero-order valence-corrected chi connectivity index (χ0v) is 15.2. The van der Waals surface area contributed by atoms with Crippen LogP contribution in [0.25, 0.3) is 0 Å². The van der Waals surface area contributed by atoms with Gasteiger partial charge in [0.05, 0.1) is 0 Å². The molecule has 2 amide bonds. The second-order valence-electron chi connectivity index (χ2n) is 6.71. The average molecular weight is 376 g/mol. The average Bonchev–Trinajstić information content (AvgIpc) is 2.64. The van der Waals surface area contributed by atoms with Crippen molar-refractivity contribution in [1.82, 2.24) is 10.6 Å². The first-order valence-electron chi connectivity index (χ1n) is 8.87. The molecule has 1 aliphatic heterocycles. The summed E-state index contributed by atoms with van der Waals surface area (Å²) in [5.41, 5.74) is 1.86. The summed E-state index contributed by atoms with van der Waals surface area (Å²) in [6, 6.07) is 13.7. The molecule has 0 spiro atoms. The lowest BCUT2D eigenvalue weighted by molar-refractivity contribution is 0.246. The fourth-order valence-corrected chi connectivity index (χ4v) is 3.44. The van der Waals surface area contributed by atoms with Crippen LogP contribution in [0.15, 0.2) is 48.5 Å². The van der Waals surface area contributed by atoms with E-state index in [1.807, 2.05) is 12.1 Å². The lowest BCUT2D eigenvalue weighted by atomic mass is 9.87. The molecular formula is C20H23ClFN3O. The maximum absolute atomic E-state index is 13.0. The van der Waals surface area contributed by atoms with Gasteiger partial charge in [-0.1, -0.05) is 23.7 Å². The number of anilines is 1. The number of nitrogens with one attached hydrogen (secondary N) is 3. The van der Waals surface area contributed by atoms with E-state index in [4.69, 9.17) is 11.6 Å². The highest BCUT2D eigenvalue weighted by molar-refractivity contribution is 6.30. The Bertz CT molecular complexity index is 721. The van der Waals surface area contributed by atoms with Crippen molar-refractivity contribution in [2.45, 2.75) is 25.3 Å². The Morgan fingerprint density at radius 1 is 1.15 bits per heavy atom. The van der Waals surface area contributed by atoms with Crippen LogP contribution in [0.4, 0.5) is 14.9 Å². The first-order chi connectivity index (χ1) is 12.6. The van der Waals surface area contributed by atoms with Gasteiger partial charge in [0, 0.05) is 23.3 Å². The number of carbonyl (C=O) groups is 1. The van der Waals surface area contributed by atoms with E-state index in [0.717, 1.165) is 31.4 Å². The minimum atomic E-state index is -0.227. The largest absolute Gasteiger partial charge is 0.336 e. The predicted octanol–water partition coefficient (Wildman–Crippen LogP) is 4.21. The van der Waals surface area contributed by atoms with Crippen molar-refractivity contribution in [3.05, 3.63) is 64.9 Å². The van der Waals surface area contributed by atoms with Crippen LogP contribution < -0.4 is 16.0 Å². The maximum Gasteiger partial charge on any atom is 0.319 e. The summed E-state index contributed by atoms with van der Waals surface area (Å²) in [6.45, 7) is 1.50. The van der Waals surface area contributed by atoms with Crippen molar-refractivity contribution < 1.29 is 9.18 Å². The number of piperidine rings is 1. The van der Waals surface area contributed by atoms with E-state index < -0.39 is 0 Å². The smallest absolute Gasteiger partial charge is 0.319 e. The Balaban J connectivity index is 1.43. The lowest BCUT2D eigenvalue weighted by Crippen LogP contribution is -2.47. The number of amides is 2. The van der Waals surface area contributed by atoms with E-state index in [-0.39, 0.29) is 17.9 Å². The number of hydrogen-bond acceptors (Lipinski definition) is 2. The van der Waals surface area contributed by atoms with Gasteiger partial charge in [-0.2, -0.15) is 0 Å². The van der Waals surface area contributed by atoms with Gasteiger partial charge in [-0.3, -0.25) is 0 Å². The fraction of sp³-hybridized carbons (Fsp3) is 0.350. The van der Waals surface area contributed by atoms with Crippen molar-refractivity contribution in [3.63, 3.8) is 0 Å². The molecule has 1 saturated heterocycles. The van der Waals surface area contributed by atoms with E-state index in [1.54, 1.807) is 24.3 Å².